The van der Waals surface area contributed by atoms with Crippen LogP contribution in [0.3, 0.4) is 0 Å². The van der Waals surface area contributed by atoms with E-state index in [1.807, 2.05) is 6.08 Å². The van der Waals surface area contributed by atoms with Gasteiger partial charge in [-0.1, -0.05) is 281 Å². The predicted octanol–water partition coefficient (Wildman–Crippen LogP) is 18.8. The van der Waals surface area contributed by atoms with Gasteiger partial charge in [0, 0.05) is 12.8 Å². The SMILES string of the molecule is CCCCCCCCCCCCCC/C=C/C(O)C(CO)NC(=O)CCCCCCCCCCCC/C=C\C=C/CCCCCOC(=O)CCCCCCCCCCCCCCCCCCCC. The third-order valence-electron chi connectivity index (χ3n) is 13.9. The van der Waals surface area contributed by atoms with Gasteiger partial charge in [-0.2, -0.15) is 0 Å². The first-order valence-electron chi connectivity index (χ1n) is 30.3. The van der Waals surface area contributed by atoms with E-state index in [0.717, 1.165) is 77.0 Å². The molecular formula is C62H117NO5. The first-order chi connectivity index (χ1) is 33.5. The van der Waals surface area contributed by atoms with E-state index < -0.39 is 12.1 Å². The van der Waals surface area contributed by atoms with E-state index in [0.29, 0.717) is 19.4 Å². The molecule has 0 aromatic heterocycles. The van der Waals surface area contributed by atoms with Gasteiger partial charge in [0.1, 0.15) is 0 Å². The van der Waals surface area contributed by atoms with Crippen LogP contribution in [0.4, 0.5) is 0 Å². The van der Waals surface area contributed by atoms with Crippen LogP contribution in [0.2, 0.25) is 0 Å². The van der Waals surface area contributed by atoms with Crippen LogP contribution in [0, 0.1) is 0 Å². The summed E-state index contributed by atoms with van der Waals surface area (Å²) in [7, 11) is 0. The maximum atomic E-state index is 12.4. The zero-order chi connectivity index (χ0) is 49.3. The number of nitrogens with one attached hydrogen (secondary N) is 1. The predicted molar refractivity (Wildman–Crippen MR) is 296 cm³/mol. The summed E-state index contributed by atoms with van der Waals surface area (Å²) in [6, 6.07) is -0.635. The van der Waals surface area contributed by atoms with E-state index in [-0.39, 0.29) is 18.5 Å². The number of amides is 1. The lowest BCUT2D eigenvalue weighted by Crippen LogP contribution is -2.45. The number of hydrogen-bond donors (Lipinski definition) is 3. The minimum absolute atomic E-state index is 0.00980. The third-order valence-corrected chi connectivity index (χ3v) is 13.9. The number of hydrogen-bond acceptors (Lipinski definition) is 5. The highest BCUT2D eigenvalue weighted by Crippen LogP contribution is 2.17. The molecule has 1 amide bonds. The minimum atomic E-state index is -0.851. The Hall–Kier alpha value is -1.92. The summed E-state index contributed by atoms with van der Waals surface area (Å²) >= 11 is 0. The topological polar surface area (TPSA) is 95.9 Å². The van der Waals surface area contributed by atoms with Crippen LogP contribution in [0.25, 0.3) is 0 Å². The van der Waals surface area contributed by atoms with Gasteiger partial charge >= 0.3 is 5.97 Å². The molecule has 0 aromatic carbocycles. The van der Waals surface area contributed by atoms with Crippen molar-refractivity contribution in [3.05, 3.63) is 36.5 Å². The van der Waals surface area contributed by atoms with Crippen molar-refractivity contribution in [3.8, 4) is 0 Å². The van der Waals surface area contributed by atoms with Gasteiger partial charge in [0.05, 0.1) is 25.4 Å². The number of carbonyl (C=O) groups excluding carboxylic acids is 2. The lowest BCUT2D eigenvalue weighted by molar-refractivity contribution is -0.143. The van der Waals surface area contributed by atoms with E-state index in [9.17, 15) is 19.8 Å². The summed E-state index contributed by atoms with van der Waals surface area (Å²) < 4.78 is 5.47. The van der Waals surface area contributed by atoms with Gasteiger partial charge < -0.3 is 20.3 Å². The summed E-state index contributed by atoms with van der Waals surface area (Å²) in [5.74, 6) is -0.0871. The highest BCUT2D eigenvalue weighted by molar-refractivity contribution is 5.76. The first kappa shape index (κ1) is 66.1. The smallest absolute Gasteiger partial charge is 0.305 e. The lowest BCUT2D eigenvalue weighted by atomic mass is 10.0. The number of rotatable bonds is 56. The molecule has 0 aromatic rings. The zero-order valence-electron chi connectivity index (χ0n) is 45.6. The van der Waals surface area contributed by atoms with Crippen molar-refractivity contribution >= 4 is 11.9 Å². The van der Waals surface area contributed by atoms with Crippen LogP contribution in [0.15, 0.2) is 36.5 Å². The molecule has 2 atom stereocenters. The molecule has 0 spiro atoms. The number of allylic oxidation sites excluding steroid dienone is 5. The van der Waals surface area contributed by atoms with Crippen molar-refractivity contribution in [1.82, 2.24) is 5.32 Å². The molecule has 2 unspecified atom stereocenters. The monoisotopic (exact) mass is 956 g/mol. The lowest BCUT2D eigenvalue weighted by Gasteiger charge is -2.20. The van der Waals surface area contributed by atoms with Gasteiger partial charge in [-0.15, -0.1) is 0 Å². The van der Waals surface area contributed by atoms with E-state index >= 15 is 0 Å². The maximum absolute atomic E-state index is 12.4. The summed E-state index contributed by atoms with van der Waals surface area (Å²) in [5.41, 5.74) is 0. The molecule has 6 heteroatoms. The zero-order valence-corrected chi connectivity index (χ0v) is 45.6. The summed E-state index contributed by atoms with van der Waals surface area (Å²) in [4.78, 5) is 24.5. The third kappa shape index (κ3) is 53.4. The van der Waals surface area contributed by atoms with Gasteiger partial charge in [-0.05, 0) is 64.2 Å². The van der Waals surface area contributed by atoms with Crippen LogP contribution in [-0.2, 0) is 14.3 Å². The average molecular weight is 957 g/mol. The Balaban J connectivity index is 3.47. The number of unbranched alkanes of at least 4 members (excludes halogenated alkanes) is 42. The van der Waals surface area contributed by atoms with Gasteiger partial charge in [0.25, 0.3) is 0 Å². The van der Waals surface area contributed by atoms with Crippen LogP contribution in [0.1, 0.15) is 322 Å². The van der Waals surface area contributed by atoms with Crippen molar-refractivity contribution in [2.75, 3.05) is 13.2 Å². The Morgan fingerprint density at radius 3 is 1.09 bits per heavy atom. The molecule has 0 aliphatic carbocycles. The first-order valence-corrected chi connectivity index (χ1v) is 30.3. The molecule has 0 radical (unpaired) electrons. The molecule has 3 N–H and O–H groups in total. The van der Waals surface area contributed by atoms with Gasteiger partial charge in [-0.3, -0.25) is 9.59 Å². The Bertz CT molecular complexity index is 1100. The van der Waals surface area contributed by atoms with Crippen molar-refractivity contribution in [2.45, 2.75) is 334 Å². The highest BCUT2D eigenvalue weighted by atomic mass is 16.5. The number of aliphatic hydroxyl groups is 2. The fourth-order valence-electron chi connectivity index (χ4n) is 9.27. The Kier molecular flexibility index (Phi) is 56.0. The number of carbonyl (C=O) groups is 2. The van der Waals surface area contributed by atoms with Crippen LogP contribution < -0.4 is 5.32 Å². The van der Waals surface area contributed by atoms with Crippen LogP contribution >= 0.6 is 0 Å². The molecule has 68 heavy (non-hydrogen) atoms. The molecule has 0 bridgehead atoms. The second kappa shape index (κ2) is 57.7. The summed E-state index contributed by atoms with van der Waals surface area (Å²) in [6.45, 7) is 4.88. The van der Waals surface area contributed by atoms with Crippen molar-refractivity contribution in [3.63, 3.8) is 0 Å². The van der Waals surface area contributed by atoms with E-state index in [1.165, 1.54) is 218 Å². The maximum Gasteiger partial charge on any atom is 0.305 e. The fraction of sp³-hybridized carbons (Fsp3) is 0.871. The van der Waals surface area contributed by atoms with E-state index in [2.05, 4.69) is 43.5 Å². The molecule has 0 heterocycles. The summed E-state index contributed by atoms with van der Waals surface area (Å²) in [5, 5.41) is 23.1. The number of aliphatic hydroxyl groups excluding tert-OH is 2. The molecule has 400 valence electrons. The molecule has 0 rings (SSSR count). The Morgan fingerprint density at radius 2 is 0.721 bits per heavy atom. The quantitative estimate of drug-likeness (QED) is 0.0244. The average Bonchev–Trinajstić information content (AvgIpc) is 3.34. The molecule has 0 aliphatic heterocycles. The van der Waals surface area contributed by atoms with Crippen LogP contribution in [-0.4, -0.2) is 47.4 Å². The standard InChI is InChI=1S/C62H117NO5/c1-3-5-7-9-11-13-15-17-19-20-25-28-32-36-40-44-48-52-56-62(67)68-57-53-49-45-41-37-33-29-26-23-21-22-24-27-31-35-39-43-47-51-55-61(66)63-59(58-64)60(65)54-50-46-42-38-34-30-18-16-14-12-10-8-6-4-2/h26,29,33,37,50,54,59-60,64-65H,3-25,27-28,30-32,34-36,38-49,51-53,55-58H2,1-2H3,(H,63,66)/b29-26-,37-33-,54-50+. The van der Waals surface area contributed by atoms with Crippen molar-refractivity contribution < 1.29 is 24.5 Å². The molecule has 0 aliphatic rings. The van der Waals surface area contributed by atoms with E-state index in [4.69, 9.17) is 4.74 Å². The van der Waals surface area contributed by atoms with Crippen LogP contribution in [0.5, 0.6) is 0 Å². The normalized spacial score (nSPS) is 12.8. The second-order valence-corrected chi connectivity index (χ2v) is 20.7. The molecular weight excluding hydrogens is 839 g/mol. The highest BCUT2D eigenvalue weighted by Gasteiger charge is 2.18. The Morgan fingerprint density at radius 1 is 0.412 bits per heavy atom. The summed E-state index contributed by atoms with van der Waals surface area (Å²) in [6.07, 6.45) is 71.8. The Labute approximate surface area is 424 Å². The molecule has 0 saturated heterocycles. The van der Waals surface area contributed by atoms with E-state index in [1.54, 1.807) is 6.08 Å². The number of esters is 1. The van der Waals surface area contributed by atoms with Gasteiger partial charge in [0.2, 0.25) is 5.91 Å². The van der Waals surface area contributed by atoms with Crippen molar-refractivity contribution in [1.29, 1.82) is 0 Å². The second-order valence-electron chi connectivity index (χ2n) is 20.7. The largest absolute Gasteiger partial charge is 0.466 e. The molecule has 0 saturated carbocycles. The molecule has 0 fully saturated rings. The van der Waals surface area contributed by atoms with Crippen molar-refractivity contribution in [2.24, 2.45) is 0 Å². The van der Waals surface area contributed by atoms with Gasteiger partial charge in [-0.25, -0.2) is 0 Å². The molecule has 6 nitrogen and oxygen atoms in total. The fourth-order valence-corrected chi connectivity index (χ4v) is 9.27. The van der Waals surface area contributed by atoms with Gasteiger partial charge in [0.15, 0.2) is 0 Å². The number of ether oxygens (including phenoxy) is 1. The minimum Gasteiger partial charge on any atom is -0.466 e.